The molecular formula is C8H11F3O2. The van der Waals surface area contributed by atoms with E-state index in [1.807, 2.05) is 0 Å². The molecule has 1 atom stereocenters. The first-order chi connectivity index (χ1) is 5.83. The first-order valence-electron chi connectivity index (χ1n) is 3.69. The van der Waals surface area contributed by atoms with Gasteiger partial charge in [0.05, 0.1) is 6.61 Å². The number of ether oxygens (including phenoxy) is 1. The summed E-state index contributed by atoms with van der Waals surface area (Å²) in [5.74, 6) is -0.208. The van der Waals surface area contributed by atoms with Crippen molar-refractivity contribution in [1.29, 1.82) is 0 Å². The summed E-state index contributed by atoms with van der Waals surface area (Å²) in [5, 5.41) is 0. The number of carbonyl (C=O) groups excluding carboxylic acids is 1. The molecular weight excluding hydrogens is 185 g/mol. The topological polar surface area (TPSA) is 26.3 Å². The summed E-state index contributed by atoms with van der Waals surface area (Å²) in [4.78, 5) is 10.6. The predicted octanol–water partition coefficient (Wildman–Crippen LogP) is 2.10. The van der Waals surface area contributed by atoms with Gasteiger partial charge < -0.3 is 4.74 Å². The van der Waals surface area contributed by atoms with Crippen LogP contribution in [-0.4, -0.2) is 24.7 Å². The van der Waals surface area contributed by atoms with Gasteiger partial charge in [0.1, 0.15) is 6.10 Å². The van der Waals surface area contributed by atoms with Crippen LogP contribution in [-0.2, 0) is 9.53 Å². The van der Waals surface area contributed by atoms with Crippen LogP contribution in [0.3, 0.4) is 0 Å². The molecule has 76 valence electrons. The zero-order chi connectivity index (χ0) is 10.5. The maximum Gasteiger partial charge on any atom is 0.409 e. The molecule has 0 aromatic rings. The van der Waals surface area contributed by atoms with Crippen molar-refractivity contribution in [3.63, 3.8) is 0 Å². The van der Waals surface area contributed by atoms with Gasteiger partial charge in [-0.3, -0.25) is 4.79 Å². The average Bonchev–Trinajstić information content (AvgIpc) is 1.95. The zero-order valence-corrected chi connectivity index (χ0v) is 7.39. The molecule has 0 aromatic heterocycles. The van der Waals surface area contributed by atoms with E-state index in [1.54, 1.807) is 0 Å². The summed E-state index contributed by atoms with van der Waals surface area (Å²) in [6, 6.07) is 0. The average molecular weight is 196 g/mol. The smallest absolute Gasteiger partial charge is 0.367 e. The van der Waals surface area contributed by atoms with E-state index in [1.165, 1.54) is 13.8 Å². The van der Waals surface area contributed by atoms with E-state index < -0.39 is 12.3 Å². The number of Topliss-reactive ketones (excluding diaryl/α,β-unsaturated/α-hetero) is 1. The van der Waals surface area contributed by atoms with Gasteiger partial charge in [-0.2, -0.15) is 13.2 Å². The van der Waals surface area contributed by atoms with Gasteiger partial charge in [0, 0.05) is 6.08 Å². The van der Waals surface area contributed by atoms with Crippen molar-refractivity contribution in [2.45, 2.75) is 26.1 Å². The van der Waals surface area contributed by atoms with Crippen LogP contribution >= 0.6 is 0 Å². The number of rotatable bonds is 4. The Labute approximate surface area is 74.4 Å². The molecule has 0 heterocycles. The molecule has 13 heavy (non-hydrogen) atoms. The van der Waals surface area contributed by atoms with Gasteiger partial charge in [-0.15, -0.1) is 0 Å². The van der Waals surface area contributed by atoms with Crippen molar-refractivity contribution in [3.8, 4) is 0 Å². The molecule has 0 aliphatic rings. The van der Waals surface area contributed by atoms with E-state index in [9.17, 15) is 18.0 Å². The molecule has 0 rings (SSSR count). The number of alkyl halides is 3. The van der Waals surface area contributed by atoms with Gasteiger partial charge in [-0.25, -0.2) is 0 Å². The normalized spacial score (nSPS) is 14.8. The molecule has 0 N–H and O–H groups in total. The van der Waals surface area contributed by atoms with Gasteiger partial charge in [0.25, 0.3) is 0 Å². The first kappa shape index (κ1) is 12.2. The van der Waals surface area contributed by atoms with Gasteiger partial charge in [-0.05, 0) is 13.8 Å². The Bertz CT molecular complexity index is 196. The Balaban J connectivity index is 3.68. The Kier molecular flexibility index (Phi) is 4.69. The molecule has 2 nitrogen and oxygen atoms in total. The minimum absolute atomic E-state index is 0.0832. The Morgan fingerprint density at radius 3 is 2.46 bits per heavy atom. The molecule has 0 spiro atoms. The number of hydrogen-bond donors (Lipinski definition) is 0. The summed E-state index contributed by atoms with van der Waals surface area (Å²) >= 11 is 0. The number of ketones is 1. The van der Waals surface area contributed by atoms with Crippen LogP contribution in [0.25, 0.3) is 0 Å². The highest BCUT2D eigenvalue weighted by Gasteiger charge is 2.21. The highest BCUT2D eigenvalue weighted by molar-refractivity contribution is 5.79. The Morgan fingerprint density at radius 1 is 1.54 bits per heavy atom. The van der Waals surface area contributed by atoms with Crippen LogP contribution in [0.5, 0.6) is 0 Å². The molecule has 0 amide bonds. The van der Waals surface area contributed by atoms with E-state index >= 15 is 0 Å². The van der Waals surface area contributed by atoms with Crippen LogP contribution in [0.4, 0.5) is 13.2 Å². The van der Waals surface area contributed by atoms with Crippen molar-refractivity contribution in [3.05, 3.63) is 12.2 Å². The standard InChI is InChI=1S/C8H11F3O2/c1-6(12)7(2)13-5-3-4-8(9,10)11/h3-4,7H,5H2,1-2H3/b4-3+/t7-/m0/s1. The maximum atomic E-state index is 11.5. The molecule has 0 aromatic carbocycles. The zero-order valence-electron chi connectivity index (χ0n) is 7.39. The highest BCUT2D eigenvalue weighted by atomic mass is 19.4. The lowest BCUT2D eigenvalue weighted by molar-refractivity contribution is -0.126. The van der Waals surface area contributed by atoms with Crippen LogP contribution in [0.1, 0.15) is 13.8 Å². The van der Waals surface area contributed by atoms with Crippen LogP contribution in [0.2, 0.25) is 0 Å². The lowest BCUT2D eigenvalue weighted by Gasteiger charge is -2.06. The molecule has 0 aliphatic carbocycles. The van der Waals surface area contributed by atoms with Crippen LogP contribution in [0.15, 0.2) is 12.2 Å². The summed E-state index contributed by atoms with van der Waals surface area (Å²) < 4.78 is 39.4. The van der Waals surface area contributed by atoms with Gasteiger partial charge in [0.15, 0.2) is 5.78 Å². The monoisotopic (exact) mass is 196 g/mol. The predicted molar refractivity (Wildman–Crippen MR) is 41.3 cm³/mol. The molecule has 5 heteroatoms. The molecule has 0 bridgehead atoms. The number of halogens is 3. The minimum atomic E-state index is -4.32. The summed E-state index contributed by atoms with van der Waals surface area (Å²) in [5.41, 5.74) is 0. The van der Waals surface area contributed by atoms with E-state index in [-0.39, 0.29) is 18.5 Å². The summed E-state index contributed by atoms with van der Waals surface area (Å²) in [6.45, 7) is 2.60. The third-order valence-corrected chi connectivity index (χ3v) is 1.32. The quantitative estimate of drug-likeness (QED) is 0.643. The third kappa shape index (κ3) is 7.52. The fourth-order valence-corrected chi connectivity index (χ4v) is 0.499. The van der Waals surface area contributed by atoms with Crippen molar-refractivity contribution in [2.75, 3.05) is 6.61 Å². The number of carbonyl (C=O) groups is 1. The third-order valence-electron chi connectivity index (χ3n) is 1.32. The van der Waals surface area contributed by atoms with E-state index in [0.29, 0.717) is 0 Å². The molecule has 0 saturated heterocycles. The molecule has 0 saturated carbocycles. The number of hydrogen-bond acceptors (Lipinski definition) is 2. The van der Waals surface area contributed by atoms with Crippen LogP contribution < -0.4 is 0 Å². The largest absolute Gasteiger partial charge is 0.409 e. The van der Waals surface area contributed by atoms with Crippen molar-refractivity contribution < 1.29 is 22.7 Å². The molecule has 0 radical (unpaired) electrons. The second-order valence-electron chi connectivity index (χ2n) is 2.53. The second-order valence-corrected chi connectivity index (χ2v) is 2.53. The second kappa shape index (κ2) is 5.01. The summed E-state index contributed by atoms with van der Waals surface area (Å²) in [6.07, 6.45) is -4.06. The minimum Gasteiger partial charge on any atom is -0.367 e. The van der Waals surface area contributed by atoms with Gasteiger partial charge in [0.2, 0.25) is 0 Å². The maximum absolute atomic E-state index is 11.5. The fourth-order valence-electron chi connectivity index (χ4n) is 0.499. The van der Waals surface area contributed by atoms with E-state index in [4.69, 9.17) is 4.74 Å². The van der Waals surface area contributed by atoms with Crippen LogP contribution in [0, 0.1) is 0 Å². The fraction of sp³-hybridized carbons (Fsp3) is 0.625. The van der Waals surface area contributed by atoms with E-state index in [2.05, 4.69) is 0 Å². The molecule has 0 aliphatic heterocycles. The summed E-state index contributed by atoms with van der Waals surface area (Å²) in [7, 11) is 0. The number of allylic oxidation sites excluding steroid dienone is 1. The van der Waals surface area contributed by atoms with Gasteiger partial charge in [-0.1, -0.05) is 6.08 Å². The molecule has 0 fully saturated rings. The lowest BCUT2D eigenvalue weighted by atomic mass is 10.3. The Morgan fingerprint density at radius 2 is 2.08 bits per heavy atom. The van der Waals surface area contributed by atoms with Crippen molar-refractivity contribution in [2.24, 2.45) is 0 Å². The SMILES string of the molecule is CC(=O)[C@H](C)OC/C=C/C(F)(F)F. The Hall–Kier alpha value is -0.840. The highest BCUT2D eigenvalue weighted by Crippen LogP contribution is 2.15. The first-order valence-corrected chi connectivity index (χ1v) is 3.69. The molecule has 0 unspecified atom stereocenters. The lowest BCUT2D eigenvalue weighted by Crippen LogP contribution is -2.17. The van der Waals surface area contributed by atoms with Gasteiger partial charge >= 0.3 is 6.18 Å². The van der Waals surface area contributed by atoms with Crippen molar-refractivity contribution in [1.82, 2.24) is 0 Å². The van der Waals surface area contributed by atoms with E-state index in [0.717, 1.165) is 6.08 Å². The van der Waals surface area contributed by atoms with Crippen molar-refractivity contribution >= 4 is 5.78 Å².